The number of halogens is 3. The van der Waals surface area contributed by atoms with E-state index in [9.17, 15) is 28.1 Å². The third-order valence-corrected chi connectivity index (χ3v) is 5.94. The summed E-state index contributed by atoms with van der Waals surface area (Å²) in [6, 6.07) is 2.21. The highest BCUT2D eigenvalue weighted by molar-refractivity contribution is 7.99. The number of ether oxygens (including phenoxy) is 1. The molecule has 1 saturated heterocycles. The summed E-state index contributed by atoms with van der Waals surface area (Å²) < 4.78 is 47.5. The zero-order valence-corrected chi connectivity index (χ0v) is 17.7. The van der Waals surface area contributed by atoms with Gasteiger partial charge in [0.2, 0.25) is 5.91 Å². The topological polar surface area (TPSA) is 99.3 Å². The first-order chi connectivity index (χ1) is 14.6. The SMILES string of the molecule is Cc1nc(SCC(=O)Nc2ccc([N+](=O)[O-])cc2C(F)(F)F)n(C[C@@H]2CCCO2)c1C. The summed E-state index contributed by atoms with van der Waals surface area (Å²) >= 11 is 1.11. The molecule has 1 aromatic heterocycles. The Balaban J connectivity index is 1.71. The fourth-order valence-corrected chi connectivity index (χ4v) is 4.15. The lowest BCUT2D eigenvalue weighted by atomic mass is 10.1. The predicted octanol–water partition coefficient (Wildman–Crippen LogP) is 4.34. The van der Waals surface area contributed by atoms with E-state index in [4.69, 9.17) is 4.74 Å². The summed E-state index contributed by atoms with van der Waals surface area (Å²) in [7, 11) is 0. The Kier molecular flexibility index (Phi) is 6.90. The maximum absolute atomic E-state index is 13.3. The molecule has 0 aliphatic carbocycles. The van der Waals surface area contributed by atoms with E-state index in [2.05, 4.69) is 10.3 Å². The highest BCUT2D eigenvalue weighted by atomic mass is 32.2. The van der Waals surface area contributed by atoms with Gasteiger partial charge in [-0.2, -0.15) is 13.2 Å². The monoisotopic (exact) mass is 458 g/mol. The number of aryl methyl sites for hydroxylation is 1. The summed E-state index contributed by atoms with van der Waals surface area (Å²) in [4.78, 5) is 26.7. The second kappa shape index (κ2) is 9.27. The van der Waals surface area contributed by atoms with Gasteiger partial charge in [0.15, 0.2) is 5.16 Å². The molecule has 2 aromatic rings. The number of nitrogens with one attached hydrogen (secondary N) is 1. The molecule has 1 aliphatic rings. The summed E-state index contributed by atoms with van der Waals surface area (Å²) in [5.74, 6) is -0.846. The van der Waals surface area contributed by atoms with Crippen molar-refractivity contribution in [1.82, 2.24) is 9.55 Å². The largest absolute Gasteiger partial charge is 0.418 e. The number of imidazole rings is 1. The number of anilines is 1. The van der Waals surface area contributed by atoms with E-state index >= 15 is 0 Å². The molecule has 0 spiro atoms. The van der Waals surface area contributed by atoms with Crippen molar-refractivity contribution in [1.29, 1.82) is 0 Å². The number of nitro groups is 1. The van der Waals surface area contributed by atoms with Crippen LogP contribution in [0.4, 0.5) is 24.5 Å². The zero-order chi connectivity index (χ0) is 22.8. The number of nitrogens with zero attached hydrogens (tertiary/aromatic N) is 3. The molecule has 1 aromatic carbocycles. The van der Waals surface area contributed by atoms with E-state index in [-0.39, 0.29) is 11.9 Å². The number of benzene rings is 1. The van der Waals surface area contributed by atoms with Crippen molar-refractivity contribution in [2.75, 3.05) is 17.7 Å². The second-order valence-corrected chi connectivity index (χ2v) is 8.07. The molecule has 12 heteroatoms. The molecule has 1 fully saturated rings. The van der Waals surface area contributed by atoms with Gasteiger partial charge in [0, 0.05) is 24.4 Å². The molecule has 1 aliphatic heterocycles. The van der Waals surface area contributed by atoms with Gasteiger partial charge >= 0.3 is 6.18 Å². The standard InChI is InChI=1S/C19H21F3N4O4S/c1-11-12(2)25(9-14-4-3-7-30-14)18(23-11)31-10-17(27)24-16-6-5-13(26(28)29)8-15(16)19(20,21)22/h5-6,8,14H,3-4,7,9-10H2,1-2H3,(H,24,27)/t14-/m0/s1. The van der Waals surface area contributed by atoms with Crippen molar-refractivity contribution in [3.05, 3.63) is 45.3 Å². The quantitative estimate of drug-likeness (QED) is 0.377. The number of carbonyl (C=O) groups excluding carboxylic acids is 1. The van der Waals surface area contributed by atoms with Crippen molar-refractivity contribution in [2.45, 2.75) is 50.7 Å². The first kappa shape index (κ1) is 23.1. The van der Waals surface area contributed by atoms with Crippen LogP contribution in [0.2, 0.25) is 0 Å². The lowest BCUT2D eigenvalue weighted by molar-refractivity contribution is -0.385. The minimum absolute atomic E-state index is 0.0647. The van der Waals surface area contributed by atoms with Crippen molar-refractivity contribution >= 4 is 29.0 Å². The van der Waals surface area contributed by atoms with Crippen LogP contribution in [0.1, 0.15) is 29.8 Å². The molecule has 0 saturated carbocycles. The summed E-state index contributed by atoms with van der Waals surface area (Å²) in [5, 5.41) is 13.6. The molecule has 31 heavy (non-hydrogen) atoms. The third kappa shape index (κ3) is 5.56. The maximum atomic E-state index is 13.3. The van der Waals surface area contributed by atoms with Gasteiger partial charge in [-0.15, -0.1) is 0 Å². The normalized spacial score (nSPS) is 16.5. The minimum atomic E-state index is -4.85. The molecule has 0 radical (unpaired) electrons. The van der Waals surface area contributed by atoms with Crippen LogP contribution in [0.15, 0.2) is 23.4 Å². The highest BCUT2D eigenvalue weighted by Gasteiger charge is 2.35. The summed E-state index contributed by atoms with van der Waals surface area (Å²) in [6.45, 7) is 5.06. The van der Waals surface area contributed by atoms with E-state index in [1.807, 2.05) is 18.4 Å². The van der Waals surface area contributed by atoms with Gasteiger partial charge in [0.1, 0.15) is 0 Å². The van der Waals surface area contributed by atoms with Crippen LogP contribution in [0.5, 0.6) is 0 Å². The van der Waals surface area contributed by atoms with Gasteiger partial charge in [-0.25, -0.2) is 4.98 Å². The van der Waals surface area contributed by atoms with Crippen LogP contribution in [-0.2, 0) is 22.3 Å². The minimum Gasteiger partial charge on any atom is -0.376 e. The fourth-order valence-electron chi connectivity index (χ4n) is 3.25. The molecule has 8 nitrogen and oxygen atoms in total. The Morgan fingerprint density at radius 1 is 1.42 bits per heavy atom. The van der Waals surface area contributed by atoms with E-state index < -0.39 is 33.9 Å². The van der Waals surface area contributed by atoms with Crippen LogP contribution >= 0.6 is 11.8 Å². The van der Waals surface area contributed by atoms with Crippen LogP contribution < -0.4 is 5.32 Å². The molecule has 2 heterocycles. The number of alkyl halides is 3. The Labute approximate surface area is 180 Å². The molecular weight excluding hydrogens is 437 g/mol. The molecular formula is C19H21F3N4O4S. The molecule has 1 atom stereocenters. The molecule has 0 unspecified atom stereocenters. The van der Waals surface area contributed by atoms with Crippen molar-refractivity contribution in [3.8, 4) is 0 Å². The molecule has 1 amide bonds. The lowest BCUT2D eigenvalue weighted by Gasteiger charge is -2.15. The molecule has 0 bridgehead atoms. The number of amides is 1. The van der Waals surface area contributed by atoms with Gasteiger partial charge in [-0.1, -0.05) is 11.8 Å². The lowest BCUT2D eigenvalue weighted by Crippen LogP contribution is -2.19. The number of nitro benzene ring substituents is 1. The predicted molar refractivity (Wildman–Crippen MR) is 108 cm³/mol. The van der Waals surface area contributed by atoms with Crippen molar-refractivity contribution in [3.63, 3.8) is 0 Å². The van der Waals surface area contributed by atoms with Gasteiger partial charge in [-0.05, 0) is 32.8 Å². The number of thioether (sulfide) groups is 1. The van der Waals surface area contributed by atoms with E-state index in [0.717, 1.165) is 48.1 Å². The van der Waals surface area contributed by atoms with Crippen LogP contribution in [0.25, 0.3) is 0 Å². The van der Waals surface area contributed by atoms with Crippen LogP contribution in [0.3, 0.4) is 0 Å². The smallest absolute Gasteiger partial charge is 0.376 e. The third-order valence-electron chi connectivity index (χ3n) is 4.96. The Hall–Kier alpha value is -2.60. The Bertz CT molecular complexity index is 987. The van der Waals surface area contributed by atoms with Gasteiger partial charge in [0.05, 0.1) is 40.3 Å². The summed E-state index contributed by atoms with van der Waals surface area (Å²) in [5.41, 5.74) is -0.768. The number of aromatic nitrogens is 2. The number of hydrogen-bond acceptors (Lipinski definition) is 6. The summed E-state index contributed by atoms with van der Waals surface area (Å²) in [6.07, 6.45) is -2.87. The number of non-ortho nitro benzene ring substituents is 1. The number of hydrogen-bond donors (Lipinski definition) is 1. The van der Waals surface area contributed by atoms with E-state index in [1.54, 1.807) is 0 Å². The van der Waals surface area contributed by atoms with Gasteiger partial charge < -0.3 is 14.6 Å². The van der Waals surface area contributed by atoms with E-state index in [1.165, 1.54) is 0 Å². The highest BCUT2D eigenvalue weighted by Crippen LogP contribution is 2.37. The average molecular weight is 458 g/mol. The number of carbonyl (C=O) groups is 1. The second-order valence-electron chi connectivity index (χ2n) is 7.13. The Morgan fingerprint density at radius 2 is 2.16 bits per heavy atom. The van der Waals surface area contributed by atoms with E-state index in [0.29, 0.717) is 24.4 Å². The van der Waals surface area contributed by atoms with Crippen LogP contribution in [0, 0.1) is 24.0 Å². The zero-order valence-electron chi connectivity index (χ0n) is 16.9. The first-order valence-corrected chi connectivity index (χ1v) is 10.5. The maximum Gasteiger partial charge on any atom is 0.418 e. The van der Waals surface area contributed by atoms with Gasteiger partial charge in [-0.3, -0.25) is 14.9 Å². The number of rotatable bonds is 7. The fraction of sp³-hybridized carbons (Fsp3) is 0.474. The Morgan fingerprint density at radius 3 is 2.77 bits per heavy atom. The van der Waals surface area contributed by atoms with Gasteiger partial charge in [0.25, 0.3) is 5.69 Å². The average Bonchev–Trinajstić information content (AvgIpc) is 3.29. The molecule has 3 rings (SSSR count). The molecule has 168 valence electrons. The van der Waals surface area contributed by atoms with Crippen molar-refractivity contribution in [2.24, 2.45) is 0 Å². The van der Waals surface area contributed by atoms with Crippen LogP contribution in [-0.4, -0.2) is 38.8 Å². The first-order valence-electron chi connectivity index (χ1n) is 9.50. The van der Waals surface area contributed by atoms with Crippen molar-refractivity contribution < 1.29 is 27.6 Å². The molecule has 1 N–H and O–H groups in total.